The van der Waals surface area contributed by atoms with E-state index in [1.165, 1.54) is 0 Å². The summed E-state index contributed by atoms with van der Waals surface area (Å²) in [4.78, 5) is 25.4. The summed E-state index contributed by atoms with van der Waals surface area (Å²) in [5.74, 6) is 0.663. The van der Waals surface area contributed by atoms with Crippen LogP contribution in [0.2, 0.25) is 0 Å². The molecule has 9 heteroatoms. The van der Waals surface area contributed by atoms with Crippen LogP contribution in [-0.2, 0) is 14.1 Å². The van der Waals surface area contributed by atoms with Crippen LogP contribution in [0.1, 0.15) is 54.4 Å². The van der Waals surface area contributed by atoms with Crippen LogP contribution in [0.25, 0.3) is 0 Å². The topological polar surface area (TPSA) is 67.8 Å². The second-order valence-electron chi connectivity index (χ2n) is 9.18. The highest BCUT2D eigenvalue weighted by atomic mass is 35.5. The van der Waals surface area contributed by atoms with Crippen LogP contribution in [0.5, 0.6) is 0 Å². The highest BCUT2D eigenvalue weighted by molar-refractivity contribution is 6.61. The Balaban J connectivity index is 1.77. The van der Waals surface area contributed by atoms with Gasteiger partial charge in [0.25, 0.3) is 0 Å². The summed E-state index contributed by atoms with van der Waals surface area (Å²) < 4.78 is 12.2. The molecule has 0 aliphatic carbocycles. The van der Waals surface area contributed by atoms with E-state index in [2.05, 4.69) is 28.7 Å². The first-order valence-electron chi connectivity index (χ1n) is 10.4. The van der Waals surface area contributed by atoms with Gasteiger partial charge in [0.1, 0.15) is 5.88 Å². The molecule has 2 saturated heterocycles. The number of likely N-dealkylation sites (tertiary alicyclic amines) is 1. The summed E-state index contributed by atoms with van der Waals surface area (Å²) in [5, 5.41) is 0. The van der Waals surface area contributed by atoms with Crippen molar-refractivity contribution < 1.29 is 14.1 Å². The standard InChI is InChI=1S/C20H32BClN4O3/c1-14(2)26(16-8-7-9-25(13-16)17(27)10-22)18-23-11-15(12-24-18)21-28-19(3,4)20(5,6)29-21/h11-12,14,16H,7-10,13H2,1-6H3. The van der Waals surface area contributed by atoms with E-state index in [1.807, 2.05) is 32.6 Å². The van der Waals surface area contributed by atoms with Gasteiger partial charge < -0.3 is 19.1 Å². The predicted octanol–water partition coefficient (Wildman–Crippen LogP) is 2.22. The quantitative estimate of drug-likeness (QED) is 0.535. The molecule has 1 aromatic rings. The van der Waals surface area contributed by atoms with Gasteiger partial charge in [0.15, 0.2) is 0 Å². The summed E-state index contributed by atoms with van der Waals surface area (Å²) in [6.45, 7) is 13.8. The van der Waals surface area contributed by atoms with E-state index in [4.69, 9.17) is 20.9 Å². The number of alkyl halides is 1. The summed E-state index contributed by atoms with van der Waals surface area (Å²) in [6, 6.07) is 0.368. The maximum Gasteiger partial charge on any atom is 0.498 e. The number of hydrogen-bond acceptors (Lipinski definition) is 6. The first-order chi connectivity index (χ1) is 13.6. The average Bonchev–Trinajstić information content (AvgIpc) is 2.89. The molecule has 160 valence electrons. The largest absolute Gasteiger partial charge is 0.498 e. The number of halogens is 1. The van der Waals surface area contributed by atoms with E-state index in [9.17, 15) is 4.79 Å². The first-order valence-corrected chi connectivity index (χ1v) is 10.9. The molecule has 2 aliphatic rings. The predicted molar refractivity (Wildman–Crippen MR) is 116 cm³/mol. The van der Waals surface area contributed by atoms with Crippen molar-refractivity contribution >= 4 is 36.0 Å². The second kappa shape index (κ2) is 8.40. The van der Waals surface area contributed by atoms with Crippen LogP contribution < -0.4 is 10.4 Å². The zero-order chi connectivity index (χ0) is 21.4. The fourth-order valence-corrected chi connectivity index (χ4v) is 4.04. The van der Waals surface area contributed by atoms with Crippen molar-refractivity contribution in [2.75, 3.05) is 23.9 Å². The Morgan fingerprint density at radius 2 is 1.86 bits per heavy atom. The molecule has 29 heavy (non-hydrogen) atoms. The number of aromatic nitrogens is 2. The fraction of sp³-hybridized carbons (Fsp3) is 0.750. The minimum absolute atomic E-state index is 0.0166. The molecule has 2 fully saturated rings. The number of anilines is 1. The van der Waals surface area contributed by atoms with Crippen molar-refractivity contribution in [2.45, 2.75) is 77.7 Å². The monoisotopic (exact) mass is 422 g/mol. The van der Waals surface area contributed by atoms with Crippen molar-refractivity contribution in [3.8, 4) is 0 Å². The first kappa shape index (κ1) is 22.3. The van der Waals surface area contributed by atoms with Gasteiger partial charge in [0.05, 0.1) is 11.2 Å². The molecule has 0 radical (unpaired) electrons. The number of piperidine rings is 1. The SMILES string of the molecule is CC(C)N(c1ncc(B2OC(C)(C)C(C)(C)O2)cn1)C1CCCN(C(=O)CCl)C1. The molecule has 0 N–H and O–H groups in total. The molecule has 0 aromatic carbocycles. The van der Waals surface area contributed by atoms with Gasteiger partial charge in [-0.1, -0.05) is 0 Å². The highest BCUT2D eigenvalue weighted by Crippen LogP contribution is 2.36. The van der Waals surface area contributed by atoms with Crippen LogP contribution in [-0.4, -0.2) is 70.1 Å². The van der Waals surface area contributed by atoms with Gasteiger partial charge in [-0.2, -0.15) is 0 Å². The highest BCUT2D eigenvalue weighted by Gasteiger charge is 2.52. The third-order valence-corrected chi connectivity index (χ3v) is 6.46. The van der Waals surface area contributed by atoms with Crippen LogP contribution in [0.4, 0.5) is 5.95 Å². The van der Waals surface area contributed by atoms with Crippen molar-refractivity contribution in [3.05, 3.63) is 12.4 Å². The lowest BCUT2D eigenvalue weighted by Crippen LogP contribution is -2.53. The molecule has 3 heterocycles. The van der Waals surface area contributed by atoms with Crippen LogP contribution in [0, 0.1) is 0 Å². The van der Waals surface area contributed by atoms with Crippen molar-refractivity contribution in [1.29, 1.82) is 0 Å². The van der Waals surface area contributed by atoms with E-state index in [0.717, 1.165) is 24.8 Å². The number of carbonyl (C=O) groups is 1. The van der Waals surface area contributed by atoms with Crippen molar-refractivity contribution in [3.63, 3.8) is 0 Å². The molecule has 0 bridgehead atoms. The molecule has 3 rings (SSSR count). The molecule has 2 aliphatic heterocycles. The lowest BCUT2D eigenvalue weighted by molar-refractivity contribution is -0.129. The molecule has 1 amide bonds. The van der Waals surface area contributed by atoms with Gasteiger partial charge in [0.2, 0.25) is 11.9 Å². The normalized spacial score (nSPS) is 23.5. The summed E-state index contributed by atoms with van der Waals surface area (Å²) in [7, 11) is -0.479. The summed E-state index contributed by atoms with van der Waals surface area (Å²) in [5.41, 5.74) is 0.000419. The Bertz CT molecular complexity index is 713. The van der Waals surface area contributed by atoms with Gasteiger partial charge in [0, 0.05) is 43.0 Å². The Morgan fingerprint density at radius 1 is 1.28 bits per heavy atom. The number of hydrogen-bond donors (Lipinski definition) is 0. The average molecular weight is 423 g/mol. The summed E-state index contributed by atoms with van der Waals surface area (Å²) >= 11 is 5.76. The Hall–Kier alpha value is -1.38. The third kappa shape index (κ3) is 4.54. The molecular weight excluding hydrogens is 391 g/mol. The number of amides is 1. The van der Waals surface area contributed by atoms with Gasteiger partial charge in [-0.3, -0.25) is 4.79 Å². The minimum Gasteiger partial charge on any atom is -0.399 e. The maximum absolute atomic E-state index is 12.1. The Morgan fingerprint density at radius 3 is 2.38 bits per heavy atom. The van der Waals surface area contributed by atoms with Crippen molar-refractivity contribution in [2.24, 2.45) is 0 Å². The number of nitrogens with zero attached hydrogens (tertiary/aromatic N) is 4. The van der Waals surface area contributed by atoms with E-state index in [-0.39, 0.29) is 23.9 Å². The van der Waals surface area contributed by atoms with E-state index < -0.39 is 18.3 Å². The Labute approximate surface area is 179 Å². The van der Waals surface area contributed by atoms with Crippen LogP contribution in [0.15, 0.2) is 12.4 Å². The molecule has 1 atom stereocenters. The summed E-state index contributed by atoms with van der Waals surface area (Å²) in [6.07, 6.45) is 5.50. The lowest BCUT2D eigenvalue weighted by atomic mass is 9.81. The zero-order valence-electron chi connectivity index (χ0n) is 18.3. The third-order valence-electron chi connectivity index (χ3n) is 6.23. The van der Waals surface area contributed by atoms with Gasteiger partial charge in [-0.25, -0.2) is 9.97 Å². The molecule has 0 spiro atoms. The van der Waals surface area contributed by atoms with Crippen molar-refractivity contribution in [1.82, 2.24) is 14.9 Å². The van der Waals surface area contributed by atoms with E-state index in [1.54, 1.807) is 12.4 Å². The number of carbonyl (C=O) groups excluding carboxylic acids is 1. The van der Waals surface area contributed by atoms with Crippen LogP contribution >= 0.6 is 11.6 Å². The lowest BCUT2D eigenvalue weighted by Gasteiger charge is -2.41. The van der Waals surface area contributed by atoms with Crippen LogP contribution in [0.3, 0.4) is 0 Å². The zero-order valence-corrected chi connectivity index (χ0v) is 19.1. The molecule has 1 aromatic heterocycles. The van der Waals surface area contributed by atoms with Gasteiger partial charge >= 0.3 is 7.12 Å². The second-order valence-corrected chi connectivity index (χ2v) is 9.44. The Kier molecular flexibility index (Phi) is 6.46. The van der Waals surface area contributed by atoms with Gasteiger partial charge in [-0.05, 0) is 54.4 Å². The molecule has 1 unspecified atom stereocenters. The maximum atomic E-state index is 12.1. The van der Waals surface area contributed by atoms with E-state index in [0.29, 0.717) is 12.5 Å². The minimum atomic E-state index is -0.479. The smallest absolute Gasteiger partial charge is 0.399 e. The molecule has 7 nitrogen and oxygen atoms in total. The molecular formula is C20H32BClN4O3. The van der Waals surface area contributed by atoms with E-state index >= 15 is 0 Å². The fourth-order valence-electron chi connectivity index (χ4n) is 3.87. The van der Waals surface area contributed by atoms with Gasteiger partial charge in [-0.15, -0.1) is 11.6 Å². The number of rotatable bonds is 5. The molecule has 0 saturated carbocycles.